The van der Waals surface area contributed by atoms with E-state index < -0.39 is 10.0 Å². The summed E-state index contributed by atoms with van der Waals surface area (Å²) in [5, 5.41) is 5.27. The lowest BCUT2D eigenvalue weighted by molar-refractivity contribution is 0.379. The first-order chi connectivity index (χ1) is 8.71. The third-order valence-corrected chi connectivity index (χ3v) is 4.02. The molecule has 0 aromatic heterocycles. The maximum absolute atomic E-state index is 11.6. The monoisotopic (exact) mass is 285 g/mol. The molecule has 0 saturated carbocycles. The van der Waals surface area contributed by atoms with Gasteiger partial charge in [0.25, 0.3) is 0 Å². The maximum Gasteiger partial charge on any atom is 0.240 e. The zero-order valence-corrected chi connectivity index (χ0v) is 12.6. The Balaban J connectivity index is 3.20. The fraction of sp³-hybridized carbons (Fsp3) is 0.538. The number of nitrogens with two attached hydrogens (primary N) is 2. The Bertz CT molecular complexity index is 526. The van der Waals surface area contributed by atoms with Gasteiger partial charge in [-0.3, -0.25) is 0 Å². The Kier molecular flexibility index (Phi) is 4.95. The number of hydrogen-bond donors (Lipinski definition) is 2. The highest BCUT2D eigenvalue weighted by atomic mass is 32.2. The summed E-state index contributed by atoms with van der Waals surface area (Å²) < 4.78 is 23.3. The SMILES string of the molecule is CCN(CC(C)(C)CN)c1ccccc1S(N)(=O)=O. The molecule has 1 aromatic rings. The van der Waals surface area contributed by atoms with Crippen LogP contribution in [0.3, 0.4) is 0 Å². The number of benzene rings is 1. The standard InChI is InChI=1S/C13H23N3O2S/c1-4-16(10-13(2,3)9-14)11-7-5-6-8-12(11)19(15,17)18/h5-8H,4,9-10,14H2,1-3H3,(H2,15,17,18). The Morgan fingerprint density at radius 3 is 2.32 bits per heavy atom. The van der Waals surface area contributed by atoms with Gasteiger partial charge in [-0.1, -0.05) is 26.0 Å². The number of nitrogens with zero attached hydrogens (tertiary/aromatic N) is 1. The first kappa shape index (κ1) is 15.9. The summed E-state index contributed by atoms with van der Waals surface area (Å²) in [5.74, 6) is 0. The Morgan fingerprint density at radius 2 is 1.84 bits per heavy atom. The quantitative estimate of drug-likeness (QED) is 0.820. The van der Waals surface area contributed by atoms with Gasteiger partial charge in [-0.05, 0) is 31.0 Å². The van der Waals surface area contributed by atoms with E-state index in [4.69, 9.17) is 10.9 Å². The topological polar surface area (TPSA) is 89.4 Å². The molecule has 1 rings (SSSR count). The fourth-order valence-electron chi connectivity index (χ4n) is 1.91. The maximum atomic E-state index is 11.6. The molecule has 0 aliphatic rings. The van der Waals surface area contributed by atoms with Gasteiger partial charge in [0.15, 0.2) is 0 Å². The summed E-state index contributed by atoms with van der Waals surface area (Å²) in [5.41, 5.74) is 6.28. The lowest BCUT2D eigenvalue weighted by Crippen LogP contribution is -2.39. The van der Waals surface area contributed by atoms with Gasteiger partial charge in [-0.25, -0.2) is 13.6 Å². The van der Waals surface area contributed by atoms with Crippen molar-refractivity contribution in [1.29, 1.82) is 0 Å². The number of primary sulfonamides is 1. The van der Waals surface area contributed by atoms with Crippen LogP contribution in [0.2, 0.25) is 0 Å². The van der Waals surface area contributed by atoms with Crippen LogP contribution < -0.4 is 15.8 Å². The van der Waals surface area contributed by atoms with Crippen LogP contribution in [0, 0.1) is 5.41 Å². The second kappa shape index (κ2) is 5.90. The summed E-state index contributed by atoms with van der Waals surface area (Å²) in [4.78, 5) is 2.15. The van der Waals surface area contributed by atoms with E-state index in [2.05, 4.69) is 13.8 Å². The molecule has 0 fully saturated rings. The van der Waals surface area contributed by atoms with Crippen LogP contribution in [-0.2, 0) is 10.0 Å². The molecule has 108 valence electrons. The smallest absolute Gasteiger partial charge is 0.240 e. The molecule has 0 spiro atoms. The van der Waals surface area contributed by atoms with Crippen LogP contribution >= 0.6 is 0 Å². The van der Waals surface area contributed by atoms with Gasteiger partial charge < -0.3 is 10.6 Å². The van der Waals surface area contributed by atoms with Gasteiger partial charge in [-0.15, -0.1) is 0 Å². The molecular weight excluding hydrogens is 262 g/mol. The van der Waals surface area contributed by atoms with Crippen molar-refractivity contribution < 1.29 is 8.42 Å². The normalized spacial score (nSPS) is 12.5. The zero-order valence-electron chi connectivity index (χ0n) is 11.8. The molecule has 0 aliphatic carbocycles. The first-order valence-corrected chi connectivity index (χ1v) is 7.83. The van der Waals surface area contributed by atoms with Crippen LogP contribution in [0.4, 0.5) is 5.69 Å². The molecule has 0 atom stereocenters. The number of sulfonamides is 1. The molecule has 0 aliphatic heterocycles. The second-order valence-electron chi connectivity index (χ2n) is 5.40. The molecule has 0 bridgehead atoms. The highest BCUT2D eigenvalue weighted by molar-refractivity contribution is 7.89. The van der Waals surface area contributed by atoms with Crippen molar-refractivity contribution in [2.45, 2.75) is 25.7 Å². The zero-order chi connectivity index (χ0) is 14.7. The summed E-state index contributed by atoms with van der Waals surface area (Å²) in [6, 6.07) is 6.78. The van der Waals surface area contributed by atoms with Crippen molar-refractivity contribution in [1.82, 2.24) is 0 Å². The largest absolute Gasteiger partial charge is 0.370 e. The predicted octanol–water partition coefficient (Wildman–Crippen LogP) is 1.15. The Hall–Kier alpha value is -1.11. The van der Waals surface area contributed by atoms with E-state index in [9.17, 15) is 8.42 Å². The molecule has 0 amide bonds. The van der Waals surface area contributed by atoms with Gasteiger partial charge in [0.2, 0.25) is 10.0 Å². The summed E-state index contributed by atoms with van der Waals surface area (Å²) in [7, 11) is -3.72. The van der Waals surface area contributed by atoms with E-state index in [-0.39, 0.29) is 10.3 Å². The lowest BCUT2D eigenvalue weighted by atomic mass is 9.93. The molecule has 4 N–H and O–H groups in total. The van der Waals surface area contributed by atoms with Gasteiger partial charge in [-0.2, -0.15) is 0 Å². The molecule has 5 nitrogen and oxygen atoms in total. The van der Waals surface area contributed by atoms with E-state index in [1.54, 1.807) is 12.1 Å². The number of hydrogen-bond acceptors (Lipinski definition) is 4. The predicted molar refractivity (Wildman–Crippen MR) is 78.5 cm³/mol. The van der Waals surface area contributed by atoms with E-state index >= 15 is 0 Å². The second-order valence-corrected chi connectivity index (χ2v) is 6.93. The van der Waals surface area contributed by atoms with Crippen LogP contribution in [0.25, 0.3) is 0 Å². The molecule has 0 radical (unpaired) electrons. The number of rotatable bonds is 6. The fourth-order valence-corrected chi connectivity index (χ4v) is 2.66. The van der Waals surface area contributed by atoms with E-state index in [1.165, 1.54) is 6.07 Å². The van der Waals surface area contributed by atoms with Crippen molar-refractivity contribution in [3.8, 4) is 0 Å². The summed E-state index contributed by atoms with van der Waals surface area (Å²) in [6.07, 6.45) is 0. The average molecular weight is 285 g/mol. The minimum absolute atomic E-state index is 0.0958. The van der Waals surface area contributed by atoms with Gasteiger partial charge in [0.05, 0.1) is 5.69 Å². The summed E-state index contributed by atoms with van der Waals surface area (Å²) in [6.45, 7) is 7.97. The number of para-hydroxylation sites is 1. The minimum atomic E-state index is -3.72. The average Bonchev–Trinajstić information content (AvgIpc) is 2.35. The van der Waals surface area contributed by atoms with Gasteiger partial charge >= 0.3 is 0 Å². The molecular formula is C13H23N3O2S. The molecule has 0 saturated heterocycles. The van der Waals surface area contributed by atoms with E-state index in [0.717, 1.165) is 0 Å². The Labute approximate surface area is 115 Å². The minimum Gasteiger partial charge on any atom is -0.370 e. The molecule has 1 aromatic carbocycles. The highest BCUT2D eigenvalue weighted by Gasteiger charge is 2.23. The van der Waals surface area contributed by atoms with Crippen molar-refractivity contribution in [2.24, 2.45) is 16.3 Å². The molecule has 6 heteroatoms. The third kappa shape index (κ3) is 4.19. The van der Waals surface area contributed by atoms with Gasteiger partial charge in [0, 0.05) is 13.1 Å². The van der Waals surface area contributed by atoms with Crippen LogP contribution in [0.5, 0.6) is 0 Å². The Morgan fingerprint density at radius 1 is 1.26 bits per heavy atom. The highest BCUT2D eigenvalue weighted by Crippen LogP contribution is 2.27. The third-order valence-electron chi connectivity index (χ3n) is 3.07. The van der Waals surface area contributed by atoms with Gasteiger partial charge in [0.1, 0.15) is 4.90 Å². The van der Waals surface area contributed by atoms with Crippen LogP contribution in [-0.4, -0.2) is 28.1 Å². The molecule has 19 heavy (non-hydrogen) atoms. The van der Waals surface area contributed by atoms with Crippen LogP contribution in [0.1, 0.15) is 20.8 Å². The summed E-state index contributed by atoms with van der Waals surface area (Å²) >= 11 is 0. The molecule has 0 heterocycles. The lowest BCUT2D eigenvalue weighted by Gasteiger charge is -2.33. The van der Waals surface area contributed by atoms with Crippen molar-refractivity contribution in [3.63, 3.8) is 0 Å². The first-order valence-electron chi connectivity index (χ1n) is 6.28. The van der Waals surface area contributed by atoms with Crippen LogP contribution in [0.15, 0.2) is 29.2 Å². The van der Waals surface area contributed by atoms with Crippen molar-refractivity contribution >= 4 is 15.7 Å². The molecule has 0 unspecified atom stereocenters. The van der Waals surface area contributed by atoms with Crippen molar-refractivity contribution in [2.75, 3.05) is 24.5 Å². The van der Waals surface area contributed by atoms with Crippen molar-refractivity contribution in [3.05, 3.63) is 24.3 Å². The van der Waals surface area contributed by atoms with E-state index in [1.807, 2.05) is 17.9 Å². The number of anilines is 1. The van der Waals surface area contributed by atoms with E-state index in [0.29, 0.717) is 25.3 Å².